The first kappa shape index (κ1) is 29.6. The fraction of sp³-hybridized carbons (Fsp3) is 0.286. The summed E-state index contributed by atoms with van der Waals surface area (Å²) >= 11 is 0. The van der Waals surface area contributed by atoms with E-state index in [1.807, 2.05) is 0 Å². The van der Waals surface area contributed by atoms with E-state index in [1.54, 1.807) is 36.7 Å². The van der Waals surface area contributed by atoms with E-state index in [0.717, 1.165) is 0 Å². The maximum Gasteiger partial charge on any atom is 0.221 e. The number of nitrogens with zero attached hydrogens (tertiary/aromatic N) is 4. The number of hydrogen-bond donors (Lipinski definition) is 4. The summed E-state index contributed by atoms with van der Waals surface area (Å²) in [6.45, 7) is 0. The van der Waals surface area contributed by atoms with Crippen LogP contribution < -0.4 is 51.4 Å². The molecule has 0 aliphatic rings. The van der Waals surface area contributed by atoms with Crippen LogP contribution in [0.1, 0.15) is 34.1 Å². The van der Waals surface area contributed by atoms with Gasteiger partial charge in [0.2, 0.25) is 23.4 Å². The zero-order valence-corrected chi connectivity index (χ0v) is 24.2. The van der Waals surface area contributed by atoms with E-state index in [-0.39, 0.29) is 23.5 Å². The van der Waals surface area contributed by atoms with Crippen molar-refractivity contribution in [2.45, 2.75) is 11.8 Å². The number of nitrogen functional groups attached to an aromatic ring is 4. The molecule has 0 aliphatic carbocycles. The Labute approximate surface area is 242 Å². The second-order valence-electron chi connectivity index (χ2n) is 9.01. The van der Waals surface area contributed by atoms with Crippen LogP contribution in [0.5, 0.6) is 34.5 Å². The molecule has 0 saturated heterocycles. The minimum atomic E-state index is -0.656. The Kier molecular flexibility index (Phi) is 8.74. The molecule has 0 bridgehead atoms. The van der Waals surface area contributed by atoms with Crippen LogP contribution in [0, 0.1) is 0 Å². The predicted molar refractivity (Wildman–Crippen MR) is 158 cm³/mol. The quantitative estimate of drug-likeness (QED) is 0.201. The Morgan fingerprint density at radius 1 is 0.500 bits per heavy atom. The molecule has 2 aromatic heterocycles. The highest BCUT2D eigenvalue weighted by Gasteiger charge is 2.35. The number of rotatable bonds is 11. The van der Waals surface area contributed by atoms with Crippen molar-refractivity contribution in [1.29, 1.82) is 0 Å². The summed E-state index contributed by atoms with van der Waals surface area (Å²) in [5.74, 6) is 1.48. The molecule has 0 saturated carbocycles. The first-order valence-electron chi connectivity index (χ1n) is 12.6. The van der Waals surface area contributed by atoms with Crippen molar-refractivity contribution < 1.29 is 28.4 Å². The maximum absolute atomic E-state index is 6.50. The molecular formula is C28H34N8O6. The summed E-state index contributed by atoms with van der Waals surface area (Å²) in [5.41, 5.74) is 27.2. The Hall–Kier alpha value is -5.40. The van der Waals surface area contributed by atoms with Crippen LogP contribution in [-0.4, -0.2) is 62.6 Å². The zero-order valence-electron chi connectivity index (χ0n) is 24.2. The van der Waals surface area contributed by atoms with Gasteiger partial charge in [-0.3, -0.25) is 0 Å². The van der Waals surface area contributed by atoms with E-state index in [9.17, 15) is 0 Å². The Balaban J connectivity index is 2.16. The first-order chi connectivity index (χ1) is 20.2. The van der Waals surface area contributed by atoms with Gasteiger partial charge in [-0.2, -0.15) is 9.97 Å². The van der Waals surface area contributed by atoms with Gasteiger partial charge in [0, 0.05) is 35.4 Å². The minimum absolute atomic E-state index is 0.0135. The minimum Gasteiger partial charge on any atom is -0.493 e. The summed E-state index contributed by atoms with van der Waals surface area (Å²) in [4.78, 5) is 17.0. The van der Waals surface area contributed by atoms with Gasteiger partial charge in [-0.25, -0.2) is 9.97 Å². The smallest absolute Gasteiger partial charge is 0.221 e. The van der Waals surface area contributed by atoms with Crippen LogP contribution in [0.3, 0.4) is 0 Å². The number of ether oxygens (including phenoxy) is 6. The molecule has 0 amide bonds. The van der Waals surface area contributed by atoms with Gasteiger partial charge in [0.25, 0.3) is 0 Å². The highest BCUT2D eigenvalue weighted by atomic mass is 16.5. The second-order valence-corrected chi connectivity index (χ2v) is 9.01. The number of nitrogens with two attached hydrogens (primary N) is 4. The molecule has 2 heterocycles. The molecule has 8 N–H and O–H groups in total. The lowest BCUT2D eigenvalue weighted by Gasteiger charge is -2.31. The average molecular weight is 579 g/mol. The van der Waals surface area contributed by atoms with Crippen LogP contribution >= 0.6 is 0 Å². The summed E-state index contributed by atoms with van der Waals surface area (Å²) in [6, 6.07) is 7.23. The Bertz CT molecular complexity index is 1420. The van der Waals surface area contributed by atoms with Crippen molar-refractivity contribution in [1.82, 2.24) is 19.9 Å². The van der Waals surface area contributed by atoms with Crippen LogP contribution in [-0.2, 0) is 0 Å². The van der Waals surface area contributed by atoms with Gasteiger partial charge >= 0.3 is 0 Å². The Morgan fingerprint density at radius 3 is 1.05 bits per heavy atom. The van der Waals surface area contributed by atoms with Gasteiger partial charge < -0.3 is 51.4 Å². The molecule has 42 heavy (non-hydrogen) atoms. The molecule has 222 valence electrons. The van der Waals surface area contributed by atoms with Crippen molar-refractivity contribution in [3.8, 4) is 34.5 Å². The zero-order chi connectivity index (χ0) is 30.6. The molecule has 2 aromatic carbocycles. The molecule has 14 heteroatoms. The lowest BCUT2D eigenvalue weighted by atomic mass is 9.74. The van der Waals surface area contributed by atoms with Crippen LogP contribution in [0.4, 0.5) is 23.5 Å². The molecular weight excluding hydrogens is 544 g/mol. The van der Waals surface area contributed by atoms with E-state index < -0.39 is 11.8 Å². The summed E-state index contributed by atoms with van der Waals surface area (Å²) in [7, 11) is 9.15. The van der Waals surface area contributed by atoms with E-state index in [2.05, 4.69) is 19.9 Å². The van der Waals surface area contributed by atoms with Gasteiger partial charge in [0.05, 0.1) is 42.7 Å². The van der Waals surface area contributed by atoms with Crippen molar-refractivity contribution in [3.05, 3.63) is 58.9 Å². The van der Waals surface area contributed by atoms with E-state index >= 15 is 0 Å². The normalized spacial score (nSPS) is 12.2. The third-order valence-electron chi connectivity index (χ3n) is 6.83. The van der Waals surface area contributed by atoms with Gasteiger partial charge in [-0.1, -0.05) is 0 Å². The maximum atomic E-state index is 6.50. The number of methoxy groups -OCH3 is 6. The number of aromatic nitrogens is 4. The average Bonchev–Trinajstić information content (AvgIpc) is 2.99. The van der Waals surface area contributed by atoms with E-state index in [0.29, 0.717) is 56.8 Å². The van der Waals surface area contributed by atoms with Crippen molar-refractivity contribution in [2.24, 2.45) is 0 Å². The third kappa shape index (κ3) is 5.46. The fourth-order valence-electron chi connectivity index (χ4n) is 4.98. The lowest BCUT2D eigenvalue weighted by molar-refractivity contribution is 0.322. The van der Waals surface area contributed by atoms with E-state index in [4.69, 9.17) is 51.4 Å². The topological polar surface area (TPSA) is 211 Å². The van der Waals surface area contributed by atoms with Crippen LogP contribution in [0.15, 0.2) is 36.7 Å². The molecule has 14 nitrogen and oxygen atoms in total. The van der Waals surface area contributed by atoms with Gasteiger partial charge in [-0.05, 0) is 35.4 Å². The number of anilines is 4. The standard InChI is InChI=1S/C28H34N8O6/c1-37-17-7-13(8-18(38-2)23(17)41-5)21(15-11-33-27(31)35-25(15)29)22(16-12-34-28(32)36-26(16)30)14-9-19(39-3)24(42-6)20(10-14)40-4/h7-12,21-22H,1-6H3,(H4,29,31,33,35)(H4,30,32,34,36). The summed E-state index contributed by atoms with van der Waals surface area (Å²) < 4.78 is 33.9. The van der Waals surface area contributed by atoms with Gasteiger partial charge in [-0.15, -0.1) is 0 Å². The predicted octanol–water partition coefficient (Wildman–Crippen LogP) is 2.61. The van der Waals surface area contributed by atoms with Crippen molar-refractivity contribution >= 4 is 23.5 Å². The largest absolute Gasteiger partial charge is 0.493 e. The first-order valence-corrected chi connectivity index (χ1v) is 12.6. The van der Waals surface area contributed by atoms with Gasteiger partial charge in [0.15, 0.2) is 23.0 Å². The van der Waals surface area contributed by atoms with Crippen LogP contribution in [0.2, 0.25) is 0 Å². The van der Waals surface area contributed by atoms with Crippen molar-refractivity contribution in [3.63, 3.8) is 0 Å². The highest BCUT2D eigenvalue weighted by Crippen LogP contribution is 2.51. The molecule has 0 radical (unpaired) electrons. The van der Waals surface area contributed by atoms with Crippen LogP contribution in [0.25, 0.3) is 0 Å². The third-order valence-corrected chi connectivity index (χ3v) is 6.83. The molecule has 0 fully saturated rings. The summed E-state index contributed by atoms with van der Waals surface area (Å²) in [5, 5.41) is 0. The molecule has 4 rings (SSSR count). The Morgan fingerprint density at radius 2 is 0.810 bits per heavy atom. The molecule has 4 aromatic rings. The molecule has 0 spiro atoms. The molecule has 2 unspecified atom stereocenters. The van der Waals surface area contributed by atoms with Crippen molar-refractivity contribution in [2.75, 3.05) is 65.6 Å². The number of benzene rings is 2. The van der Waals surface area contributed by atoms with E-state index in [1.165, 1.54) is 42.7 Å². The monoisotopic (exact) mass is 578 g/mol. The highest BCUT2D eigenvalue weighted by molar-refractivity contribution is 5.63. The number of hydrogen-bond acceptors (Lipinski definition) is 14. The molecule has 2 atom stereocenters. The van der Waals surface area contributed by atoms with Gasteiger partial charge in [0.1, 0.15) is 11.6 Å². The lowest BCUT2D eigenvalue weighted by Crippen LogP contribution is -2.20. The molecule has 0 aliphatic heterocycles. The SMILES string of the molecule is COc1cc(C(c2cnc(N)nc2N)C(c2cc(OC)c(OC)c(OC)c2)c2cnc(N)nc2N)cc(OC)c1OC. The summed E-state index contributed by atoms with van der Waals surface area (Å²) in [6.07, 6.45) is 3.12. The second kappa shape index (κ2) is 12.4. The fourth-order valence-corrected chi connectivity index (χ4v) is 4.98.